The summed E-state index contributed by atoms with van der Waals surface area (Å²) in [6, 6.07) is 0. The van der Waals surface area contributed by atoms with Gasteiger partial charge in [-0.3, -0.25) is 4.79 Å². The standard InChI is InChI=1S/C18H34O5/c1-2-3-4-5-6-8-15(19)11-13-17(21)14-12-16(20)9-7-10-18(22)23/h11,13,15-17,19-21H,2-10,12,14H2,1H3,(H,22,23)/b13-11-/t15-,16-,17+/m0/s1. The maximum atomic E-state index is 10.4. The molecule has 0 rings (SSSR count). The third kappa shape index (κ3) is 15.8. The zero-order valence-electron chi connectivity index (χ0n) is 14.4. The fourth-order valence-corrected chi connectivity index (χ4v) is 2.40. The van der Waals surface area contributed by atoms with Crippen LogP contribution >= 0.6 is 0 Å². The Morgan fingerprint density at radius 3 is 2.04 bits per heavy atom. The van der Waals surface area contributed by atoms with Gasteiger partial charge in [0.1, 0.15) is 0 Å². The molecule has 3 atom stereocenters. The number of aliphatic hydroxyl groups excluding tert-OH is 3. The molecule has 0 unspecified atom stereocenters. The lowest BCUT2D eigenvalue weighted by Gasteiger charge is -2.12. The average Bonchev–Trinajstić information content (AvgIpc) is 2.50. The van der Waals surface area contributed by atoms with E-state index in [4.69, 9.17) is 5.11 Å². The van der Waals surface area contributed by atoms with Crippen LogP contribution in [-0.2, 0) is 4.79 Å². The Bertz CT molecular complexity index is 317. The van der Waals surface area contributed by atoms with Crippen LogP contribution in [0.5, 0.6) is 0 Å². The van der Waals surface area contributed by atoms with Gasteiger partial charge in [0.15, 0.2) is 0 Å². The van der Waals surface area contributed by atoms with Crippen molar-refractivity contribution in [3.05, 3.63) is 12.2 Å². The lowest BCUT2D eigenvalue weighted by Crippen LogP contribution is -2.13. The Balaban J connectivity index is 3.69. The molecule has 23 heavy (non-hydrogen) atoms. The molecular weight excluding hydrogens is 296 g/mol. The largest absolute Gasteiger partial charge is 0.481 e. The summed E-state index contributed by atoms with van der Waals surface area (Å²) >= 11 is 0. The van der Waals surface area contributed by atoms with E-state index in [-0.39, 0.29) is 6.42 Å². The van der Waals surface area contributed by atoms with Gasteiger partial charge in [-0.25, -0.2) is 0 Å². The van der Waals surface area contributed by atoms with Crippen LogP contribution in [0.1, 0.15) is 77.6 Å². The minimum atomic E-state index is -0.858. The van der Waals surface area contributed by atoms with Crippen LogP contribution in [0.2, 0.25) is 0 Å². The van der Waals surface area contributed by atoms with E-state index in [1.54, 1.807) is 12.2 Å². The van der Waals surface area contributed by atoms with Gasteiger partial charge in [-0.05, 0) is 32.1 Å². The summed E-state index contributed by atoms with van der Waals surface area (Å²) in [5, 5.41) is 37.8. The van der Waals surface area contributed by atoms with Gasteiger partial charge >= 0.3 is 5.97 Å². The number of hydrogen-bond donors (Lipinski definition) is 4. The van der Waals surface area contributed by atoms with Crippen LogP contribution in [0.4, 0.5) is 0 Å². The molecular formula is C18H34O5. The summed E-state index contributed by atoms with van der Waals surface area (Å²) in [6.45, 7) is 2.17. The highest BCUT2D eigenvalue weighted by Gasteiger charge is 2.09. The second-order valence-electron chi connectivity index (χ2n) is 6.24. The molecule has 0 aromatic heterocycles. The Hall–Kier alpha value is -0.910. The molecule has 0 aromatic carbocycles. The van der Waals surface area contributed by atoms with E-state index in [9.17, 15) is 20.1 Å². The monoisotopic (exact) mass is 330 g/mol. The number of aliphatic hydroxyl groups is 3. The summed E-state index contributed by atoms with van der Waals surface area (Å²) in [5.41, 5.74) is 0. The lowest BCUT2D eigenvalue weighted by atomic mass is 10.0. The van der Waals surface area contributed by atoms with Crippen molar-refractivity contribution in [2.75, 3.05) is 0 Å². The van der Waals surface area contributed by atoms with Crippen LogP contribution in [0.3, 0.4) is 0 Å². The van der Waals surface area contributed by atoms with Crippen LogP contribution < -0.4 is 0 Å². The third-order valence-corrected chi connectivity index (χ3v) is 3.88. The summed E-state index contributed by atoms with van der Waals surface area (Å²) in [5.74, 6) is -0.858. The smallest absolute Gasteiger partial charge is 0.303 e. The fraction of sp³-hybridized carbons (Fsp3) is 0.833. The van der Waals surface area contributed by atoms with E-state index in [0.717, 1.165) is 12.8 Å². The van der Waals surface area contributed by atoms with Crippen LogP contribution in [0.25, 0.3) is 0 Å². The molecule has 0 aliphatic carbocycles. The van der Waals surface area contributed by atoms with Gasteiger partial charge in [0.25, 0.3) is 0 Å². The molecule has 0 fully saturated rings. The summed E-state index contributed by atoms with van der Waals surface area (Å²) in [7, 11) is 0. The average molecular weight is 330 g/mol. The summed E-state index contributed by atoms with van der Waals surface area (Å²) < 4.78 is 0. The highest BCUT2D eigenvalue weighted by Crippen LogP contribution is 2.11. The second kappa shape index (κ2) is 14.7. The molecule has 0 bridgehead atoms. The third-order valence-electron chi connectivity index (χ3n) is 3.88. The normalized spacial score (nSPS) is 15.7. The molecule has 0 aliphatic rings. The summed E-state index contributed by atoms with van der Waals surface area (Å²) in [4.78, 5) is 10.4. The van der Waals surface area contributed by atoms with Gasteiger partial charge in [0, 0.05) is 6.42 Å². The molecule has 0 spiro atoms. The molecule has 0 aliphatic heterocycles. The number of aliphatic carboxylic acids is 1. The molecule has 5 heteroatoms. The first-order valence-electron chi connectivity index (χ1n) is 8.90. The Morgan fingerprint density at radius 1 is 0.826 bits per heavy atom. The lowest BCUT2D eigenvalue weighted by molar-refractivity contribution is -0.137. The highest BCUT2D eigenvalue weighted by molar-refractivity contribution is 5.66. The molecule has 0 saturated carbocycles. The van der Waals surface area contributed by atoms with Crippen LogP contribution in [0, 0.1) is 0 Å². The first-order chi connectivity index (χ1) is 11.0. The zero-order valence-corrected chi connectivity index (χ0v) is 14.4. The van der Waals surface area contributed by atoms with Crippen molar-refractivity contribution in [3.63, 3.8) is 0 Å². The van der Waals surface area contributed by atoms with Crippen molar-refractivity contribution in [2.24, 2.45) is 0 Å². The number of hydrogen-bond acceptors (Lipinski definition) is 4. The Kier molecular flexibility index (Phi) is 14.1. The minimum absolute atomic E-state index is 0.0595. The predicted octanol–water partition coefficient (Wildman–Crippen LogP) is 3.02. The van der Waals surface area contributed by atoms with Gasteiger partial charge in [-0.15, -0.1) is 0 Å². The van der Waals surface area contributed by atoms with E-state index < -0.39 is 24.3 Å². The van der Waals surface area contributed by atoms with Gasteiger partial charge in [0.2, 0.25) is 0 Å². The van der Waals surface area contributed by atoms with E-state index in [0.29, 0.717) is 32.1 Å². The zero-order chi connectivity index (χ0) is 17.5. The first-order valence-corrected chi connectivity index (χ1v) is 8.90. The molecule has 4 N–H and O–H groups in total. The number of carboxylic acid groups (broad SMARTS) is 1. The van der Waals surface area contributed by atoms with Crippen molar-refractivity contribution in [1.82, 2.24) is 0 Å². The second-order valence-corrected chi connectivity index (χ2v) is 6.24. The van der Waals surface area contributed by atoms with Crippen molar-refractivity contribution in [1.29, 1.82) is 0 Å². The first kappa shape index (κ1) is 22.1. The van der Waals surface area contributed by atoms with E-state index in [2.05, 4.69) is 6.92 Å². The number of unbranched alkanes of at least 4 members (excludes halogenated alkanes) is 4. The van der Waals surface area contributed by atoms with Crippen LogP contribution in [-0.4, -0.2) is 44.7 Å². The highest BCUT2D eigenvalue weighted by atomic mass is 16.4. The van der Waals surface area contributed by atoms with Gasteiger partial charge in [-0.2, -0.15) is 0 Å². The maximum Gasteiger partial charge on any atom is 0.303 e. The van der Waals surface area contributed by atoms with Gasteiger partial charge in [0.05, 0.1) is 18.3 Å². The quantitative estimate of drug-likeness (QED) is 0.273. The SMILES string of the molecule is CCCCCCC[C@H](O)/C=C\[C@@H](O)CC[C@@H](O)CCCC(=O)O. The van der Waals surface area contributed by atoms with E-state index >= 15 is 0 Å². The summed E-state index contributed by atoms with van der Waals surface area (Å²) in [6.07, 6.45) is 9.68. The molecule has 0 aromatic rings. The predicted molar refractivity (Wildman–Crippen MR) is 91.3 cm³/mol. The number of carbonyl (C=O) groups is 1. The molecule has 5 nitrogen and oxygen atoms in total. The molecule has 0 radical (unpaired) electrons. The Labute approximate surface area is 140 Å². The Morgan fingerprint density at radius 2 is 1.43 bits per heavy atom. The van der Waals surface area contributed by atoms with Gasteiger partial charge < -0.3 is 20.4 Å². The molecule has 0 heterocycles. The number of rotatable bonds is 15. The molecule has 136 valence electrons. The van der Waals surface area contributed by atoms with Crippen LogP contribution in [0.15, 0.2) is 12.2 Å². The minimum Gasteiger partial charge on any atom is -0.481 e. The topological polar surface area (TPSA) is 98.0 Å². The van der Waals surface area contributed by atoms with E-state index in [1.165, 1.54) is 19.3 Å². The maximum absolute atomic E-state index is 10.4. The van der Waals surface area contributed by atoms with Crippen molar-refractivity contribution in [2.45, 2.75) is 95.9 Å². The van der Waals surface area contributed by atoms with Crippen molar-refractivity contribution < 1.29 is 25.2 Å². The molecule has 0 saturated heterocycles. The fourth-order valence-electron chi connectivity index (χ4n) is 2.40. The van der Waals surface area contributed by atoms with Gasteiger partial charge in [-0.1, -0.05) is 51.2 Å². The van der Waals surface area contributed by atoms with E-state index in [1.807, 2.05) is 0 Å². The molecule has 0 amide bonds. The number of carboxylic acids is 1. The van der Waals surface area contributed by atoms with Crippen molar-refractivity contribution in [3.8, 4) is 0 Å². The van der Waals surface area contributed by atoms with Crippen molar-refractivity contribution >= 4 is 5.97 Å².